The Kier molecular flexibility index (Phi) is 6.71. The molecule has 32 heavy (non-hydrogen) atoms. The van der Waals surface area contributed by atoms with Crippen molar-refractivity contribution in [1.29, 1.82) is 0 Å². The number of likely N-dealkylation sites (N-methyl/N-ethyl adjacent to an activating group) is 1. The standard InChI is InChI=1S/C26H24N2O3S/c1-28(24(29)15-18-9-4-2-5-10-18)17-20-13-8-14-21(19-11-6-3-7-12-19)22(20)16-23-25(30)27-26(31)32-23/h2-14,23H,15-17H2,1H3,(H,27,30,31). The molecule has 1 heterocycles. The van der Waals surface area contributed by atoms with Crippen LogP contribution in [-0.4, -0.2) is 34.3 Å². The Hall–Kier alpha value is -3.38. The average molecular weight is 445 g/mol. The summed E-state index contributed by atoms with van der Waals surface area (Å²) in [6.07, 6.45) is 0.754. The van der Waals surface area contributed by atoms with Crippen LogP contribution >= 0.6 is 11.8 Å². The first-order valence-corrected chi connectivity index (χ1v) is 11.3. The fourth-order valence-corrected chi connectivity index (χ4v) is 4.71. The van der Waals surface area contributed by atoms with Crippen molar-refractivity contribution in [3.05, 3.63) is 95.6 Å². The molecular formula is C26H24N2O3S. The molecule has 1 saturated heterocycles. The van der Waals surface area contributed by atoms with E-state index in [0.717, 1.165) is 39.6 Å². The van der Waals surface area contributed by atoms with Gasteiger partial charge in [-0.05, 0) is 34.2 Å². The molecule has 3 aromatic rings. The van der Waals surface area contributed by atoms with E-state index in [1.165, 1.54) is 0 Å². The van der Waals surface area contributed by atoms with Crippen LogP contribution in [0, 0.1) is 0 Å². The third-order valence-corrected chi connectivity index (χ3v) is 6.53. The summed E-state index contributed by atoms with van der Waals surface area (Å²) in [6.45, 7) is 0.425. The molecule has 3 aromatic carbocycles. The van der Waals surface area contributed by atoms with Crippen LogP contribution in [0.5, 0.6) is 0 Å². The quantitative estimate of drug-likeness (QED) is 0.585. The Morgan fingerprint density at radius 1 is 0.938 bits per heavy atom. The zero-order valence-electron chi connectivity index (χ0n) is 17.8. The number of hydrogen-bond donors (Lipinski definition) is 1. The lowest BCUT2D eigenvalue weighted by Crippen LogP contribution is -2.29. The van der Waals surface area contributed by atoms with Crippen molar-refractivity contribution in [2.24, 2.45) is 0 Å². The second-order valence-corrected chi connectivity index (χ2v) is 8.98. The Balaban J connectivity index is 1.62. The van der Waals surface area contributed by atoms with Gasteiger partial charge in [0, 0.05) is 13.6 Å². The van der Waals surface area contributed by atoms with Crippen LogP contribution in [0.25, 0.3) is 11.1 Å². The lowest BCUT2D eigenvalue weighted by molar-refractivity contribution is -0.129. The highest BCUT2D eigenvalue weighted by Gasteiger charge is 2.33. The number of nitrogens with zero attached hydrogens (tertiary/aromatic N) is 1. The molecule has 0 aromatic heterocycles. The van der Waals surface area contributed by atoms with Gasteiger partial charge >= 0.3 is 0 Å². The molecule has 0 spiro atoms. The SMILES string of the molecule is CN(Cc1cccc(-c2ccccc2)c1CC1SC(=O)NC1=O)C(=O)Cc1ccccc1. The summed E-state index contributed by atoms with van der Waals surface area (Å²) in [6, 6.07) is 25.6. The number of imide groups is 1. The maximum absolute atomic E-state index is 12.8. The van der Waals surface area contributed by atoms with Gasteiger partial charge in [-0.3, -0.25) is 19.7 Å². The molecule has 1 N–H and O–H groups in total. The van der Waals surface area contributed by atoms with Gasteiger partial charge < -0.3 is 4.90 Å². The molecule has 6 heteroatoms. The first-order chi connectivity index (χ1) is 15.5. The minimum absolute atomic E-state index is 0.0235. The number of nitrogens with one attached hydrogen (secondary N) is 1. The number of hydrogen-bond acceptors (Lipinski definition) is 4. The first-order valence-electron chi connectivity index (χ1n) is 10.5. The van der Waals surface area contributed by atoms with Crippen LogP contribution < -0.4 is 5.32 Å². The monoisotopic (exact) mass is 444 g/mol. The van der Waals surface area contributed by atoms with E-state index < -0.39 is 5.25 Å². The number of carbonyl (C=O) groups is 3. The van der Waals surface area contributed by atoms with Gasteiger partial charge in [-0.25, -0.2) is 0 Å². The Morgan fingerprint density at radius 3 is 2.28 bits per heavy atom. The van der Waals surface area contributed by atoms with Crippen LogP contribution in [0.4, 0.5) is 4.79 Å². The van der Waals surface area contributed by atoms with Gasteiger partial charge in [0.25, 0.3) is 5.24 Å². The lowest BCUT2D eigenvalue weighted by atomic mass is 9.91. The van der Waals surface area contributed by atoms with Crippen LogP contribution in [-0.2, 0) is 29.0 Å². The summed E-state index contributed by atoms with van der Waals surface area (Å²) >= 11 is 1.03. The molecule has 1 aliphatic rings. The maximum Gasteiger partial charge on any atom is 0.286 e. The summed E-state index contributed by atoms with van der Waals surface area (Å²) in [5.41, 5.74) is 4.99. The Morgan fingerprint density at radius 2 is 1.62 bits per heavy atom. The molecule has 1 atom stereocenters. The number of carbonyl (C=O) groups excluding carboxylic acids is 3. The zero-order valence-corrected chi connectivity index (χ0v) is 18.6. The molecule has 3 amide bonds. The van der Waals surface area contributed by atoms with E-state index in [2.05, 4.69) is 5.32 Å². The molecule has 5 nitrogen and oxygen atoms in total. The highest BCUT2D eigenvalue weighted by atomic mass is 32.2. The number of benzene rings is 3. The third kappa shape index (κ3) is 5.08. The number of thioether (sulfide) groups is 1. The van der Waals surface area contributed by atoms with Gasteiger partial charge in [-0.1, -0.05) is 90.6 Å². The van der Waals surface area contributed by atoms with E-state index in [1.807, 2.05) is 78.9 Å². The molecule has 4 rings (SSSR count). The van der Waals surface area contributed by atoms with Gasteiger partial charge in [0.2, 0.25) is 11.8 Å². The van der Waals surface area contributed by atoms with E-state index in [-0.39, 0.29) is 17.1 Å². The predicted octanol–water partition coefficient (Wildman–Crippen LogP) is 4.45. The van der Waals surface area contributed by atoms with Crippen molar-refractivity contribution in [3.8, 4) is 11.1 Å². The summed E-state index contributed by atoms with van der Waals surface area (Å²) in [7, 11) is 1.80. The normalized spacial score (nSPS) is 15.5. The molecular weight excluding hydrogens is 420 g/mol. The van der Waals surface area contributed by atoms with E-state index in [0.29, 0.717) is 19.4 Å². The zero-order chi connectivity index (χ0) is 22.5. The first kappa shape index (κ1) is 21.8. The second kappa shape index (κ2) is 9.83. The van der Waals surface area contributed by atoms with Crippen LogP contribution in [0.1, 0.15) is 16.7 Å². The average Bonchev–Trinajstić information content (AvgIpc) is 3.12. The van der Waals surface area contributed by atoms with E-state index >= 15 is 0 Å². The van der Waals surface area contributed by atoms with Crippen molar-refractivity contribution in [2.75, 3.05) is 7.05 Å². The van der Waals surface area contributed by atoms with Gasteiger partial charge in [-0.15, -0.1) is 0 Å². The Bertz CT molecular complexity index is 1130. The van der Waals surface area contributed by atoms with Gasteiger partial charge in [0.05, 0.1) is 11.7 Å². The third-order valence-electron chi connectivity index (χ3n) is 5.55. The fourth-order valence-electron chi connectivity index (χ4n) is 3.87. The molecule has 0 aliphatic carbocycles. The summed E-state index contributed by atoms with van der Waals surface area (Å²) in [5, 5.41) is 1.59. The summed E-state index contributed by atoms with van der Waals surface area (Å²) in [4.78, 5) is 38.5. The molecule has 0 saturated carbocycles. The minimum atomic E-state index is -0.476. The van der Waals surface area contributed by atoms with Gasteiger partial charge in [0.1, 0.15) is 0 Å². The number of amides is 3. The predicted molar refractivity (Wildman–Crippen MR) is 127 cm³/mol. The minimum Gasteiger partial charge on any atom is -0.341 e. The van der Waals surface area contributed by atoms with E-state index in [1.54, 1.807) is 11.9 Å². The van der Waals surface area contributed by atoms with Crippen molar-refractivity contribution >= 4 is 28.8 Å². The van der Waals surface area contributed by atoms with E-state index in [9.17, 15) is 14.4 Å². The largest absolute Gasteiger partial charge is 0.341 e. The van der Waals surface area contributed by atoms with Crippen LogP contribution in [0.2, 0.25) is 0 Å². The number of rotatable bonds is 7. The topological polar surface area (TPSA) is 66.5 Å². The maximum atomic E-state index is 12.8. The van der Waals surface area contributed by atoms with Gasteiger partial charge in [-0.2, -0.15) is 0 Å². The molecule has 0 radical (unpaired) electrons. The van der Waals surface area contributed by atoms with Crippen molar-refractivity contribution in [3.63, 3.8) is 0 Å². The highest BCUT2D eigenvalue weighted by molar-refractivity contribution is 8.15. The lowest BCUT2D eigenvalue weighted by Gasteiger charge is -2.22. The highest BCUT2D eigenvalue weighted by Crippen LogP contribution is 2.32. The van der Waals surface area contributed by atoms with Crippen LogP contribution in [0.3, 0.4) is 0 Å². The smallest absolute Gasteiger partial charge is 0.286 e. The second-order valence-electron chi connectivity index (χ2n) is 7.81. The Labute approximate surface area is 191 Å². The fraction of sp³-hybridized carbons (Fsp3) is 0.192. The molecule has 1 fully saturated rings. The summed E-state index contributed by atoms with van der Waals surface area (Å²) in [5.74, 6) is -0.238. The van der Waals surface area contributed by atoms with Gasteiger partial charge in [0.15, 0.2) is 0 Å². The molecule has 1 aliphatic heterocycles. The van der Waals surface area contributed by atoms with Crippen molar-refractivity contribution in [1.82, 2.24) is 10.2 Å². The van der Waals surface area contributed by atoms with Crippen LogP contribution in [0.15, 0.2) is 78.9 Å². The van der Waals surface area contributed by atoms with Crippen molar-refractivity contribution < 1.29 is 14.4 Å². The molecule has 0 bridgehead atoms. The molecule has 162 valence electrons. The molecule has 1 unspecified atom stereocenters. The summed E-state index contributed by atoms with van der Waals surface area (Å²) < 4.78 is 0. The van der Waals surface area contributed by atoms with Crippen molar-refractivity contribution in [2.45, 2.75) is 24.6 Å². The van der Waals surface area contributed by atoms with E-state index in [4.69, 9.17) is 0 Å².